The van der Waals surface area contributed by atoms with Crippen molar-refractivity contribution in [1.82, 2.24) is 29.8 Å². The first kappa shape index (κ1) is 29.4. The number of ether oxygens (including phenoxy) is 1. The second kappa shape index (κ2) is 12.9. The number of carbonyl (C=O) groups excluding carboxylic acids is 2. The topological polar surface area (TPSA) is 144 Å². The number of morpholine rings is 1. The number of aromatic nitrogens is 5. The molecule has 2 aliphatic heterocycles. The quantitative estimate of drug-likeness (QED) is 0.294. The summed E-state index contributed by atoms with van der Waals surface area (Å²) < 4.78 is 35.2. The third kappa shape index (κ3) is 6.30. The number of amides is 2. The molecule has 44 heavy (non-hydrogen) atoms. The monoisotopic (exact) mass is 605 g/mol. The summed E-state index contributed by atoms with van der Waals surface area (Å²) in [6, 6.07) is 15.3. The molecule has 2 aromatic heterocycles. The highest BCUT2D eigenvalue weighted by atomic mass is 19.3. The Morgan fingerprint density at radius 3 is 2.32 bits per heavy atom. The van der Waals surface area contributed by atoms with Crippen LogP contribution in [-0.2, 0) is 20.7 Å². The fourth-order valence-electron chi connectivity index (χ4n) is 5.63. The number of rotatable bonds is 9. The van der Waals surface area contributed by atoms with Gasteiger partial charge in [0.25, 0.3) is 6.43 Å². The van der Waals surface area contributed by atoms with Crippen LogP contribution in [0.5, 0.6) is 0 Å². The van der Waals surface area contributed by atoms with E-state index in [1.54, 1.807) is 24.3 Å². The molecule has 0 spiro atoms. The summed E-state index contributed by atoms with van der Waals surface area (Å²) in [5.74, 6) is -1.24. The first-order valence-corrected chi connectivity index (χ1v) is 14.6. The molecule has 0 aliphatic carbocycles. The van der Waals surface area contributed by atoms with Crippen LogP contribution < -0.4 is 20.9 Å². The summed E-state index contributed by atoms with van der Waals surface area (Å²) in [5.41, 5.74) is 7.36. The van der Waals surface area contributed by atoms with E-state index >= 15 is 0 Å². The molecule has 4 aromatic rings. The number of nitrogens with one attached hydrogen (secondary N) is 1. The highest BCUT2D eigenvalue weighted by Gasteiger charge is 2.32. The summed E-state index contributed by atoms with van der Waals surface area (Å²) in [7, 11) is 0. The molecule has 230 valence electrons. The number of alkyl halides is 2. The summed E-state index contributed by atoms with van der Waals surface area (Å²) in [6.07, 6.45) is -1.34. The smallest absolute Gasteiger partial charge is 0.296 e. The fraction of sp³-hybridized carbons (Fsp3) is 0.400. The number of hydrogen-bond donors (Lipinski definition) is 2. The standard InChI is InChI=1S/C30H33F2N9O3/c31-24(32)26-34-21-10-4-5-11-23(21)41(26)30-37-28(39-13-15-44-16-14-39)36-29(38-30)40-12-6-9-20(18-40)27(43)35-22(25(33)42)17-19-7-2-1-3-8-19/h1-5,7-8,10-11,20,22,24H,6,9,12-18H2,(H2,33,42)(H,35,43)/t20-,22-/m0/s1. The van der Waals surface area contributed by atoms with Crippen LogP contribution in [0.3, 0.4) is 0 Å². The molecule has 2 fully saturated rings. The Morgan fingerprint density at radius 1 is 0.909 bits per heavy atom. The van der Waals surface area contributed by atoms with Gasteiger partial charge in [-0.3, -0.25) is 14.2 Å². The average molecular weight is 606 g/mol. The minimum Gasteiger partial charge on any atom is -0.378 e. The number of hydrogen-bond acceptors (Lipinski definition) is 9. The van der Waals surface area contributed by atoms with Gasteiger partial charge in [-0.1, -0.05) is 42.5 Å². The maximum Gasteiger partial charge on any atom is 0.296 e. The summed E-state index contributed by atoms with van der Waals surface area (Å²) in [5, 5.41) is 2.83. The molecule has 0 bridgehead atoms. The number of nitrogens with two attached hydrogens (primary N) is 1. The van der Waals surface area contributed by atoms with Crippen molar-refractivity contribution in [3.63, 3.8) is 0 Å². The third-order valence-corrected chi connectivity index (χ3v) is 7.89. The Bertz CT molecular complexity index is 1630. The van der Waals surface area contributed by atoms with Gasteiger partial charge in [-0.15, -0.1) is 0 Å². The molecule has 2 saturated heterocycles. The maximum absolute atomic E-state index is 14.2. The number of primary amides is 1. The van der Waals surface area contributed by atoms with E-state index in [0.29, 0.717) is 62.7 Å². The largest absolute Gasteiger partial charge is 0.378 e. The normalized spacial score (nSPS) is 18.0. The second-order valence-electron chi connectivity index (χ2n) is 10.9. The van der Waals surface area contributed by atoms with E-state index in [2.05, 4.69) is 20.3 Å². The van der Waals surface area contributed by atoms with E-state index in [-0.39, 0.29) is 30.8 Å². The average Bonchev–Trinajstić information content (AvgIpc) is 3.45. The zero-order valence-electron chi connectivity index (χ0n) is 24.0. The van der Waals surface area contributed by atoms with Crippen LogP contribution in [0.4, 0.5) is 20.7 Å². The van der Waals surface area contributed by atoms with Crippen molar-refractivity contribution < 1.29 is 23.1 Å². The summed E-state index contributed by atoms with van der Waals surface area (Å²) >= 11 is 0. The van der Waals surface area contributed by atoms with Crippen molar-refractivity contribution in [3.05, 3.63) is 66.0 Å². The lowest BCUT2D eigenvalue weighted by Gasteiger charge is -2.33. The second-order valence-corrected chi connectivity index (χ2v) is 10.9. The first-order chi connectivity index (χ1) is 21.4. The molecule has 6 rings (SSSR count). The molecule has 2 atom stereocenters. The van der Waals surface area contributed by atoms with Crippen molar-refractivity contribution in [1.29, 1.82) is 0 Å². The van der Waals surface area contributed by atoms with Gasteiger partial charge >= 0.3 is 0 Å². The SMILES string of the molecule is NC(=O)[C@H](Cc1ccccc1)NC(=O)[C@H]1CCCN(c2nc(N3CCOCC3)nc(-n3c(C(F)F)nc4ccccc43)n2)C1. The van der Waals surface area contributed by atoms with Gasteiger partial charge < -0.3 is 25.6 Å². The minimum absolute atomic E-state index is 0.0173. The number of benzene rings is 2. The Morgan fingerprint density at radius 2 is 1.59 bits per heavy atom. The lowest BCUT2D eigenvalue weighted by Crippen LogP contribution is -2.51. The summed E-state index contributed by atoms with van der Waals surface area (Å²) in [4.78, 5) is 47.6. The molecule has 2 aliphatic rings. The number of nitrogens with zero attached hydrogens (tertiary/aromatic N) is 7. The van der Waals surface area contributed by atoms with Crippen molar-refractivity contribution in [3.8, 4) is 5.95 Å². The lowest BCUT2D eigenvalue weighted by molar-refractivity contribution is -0.130. The van der Waals surface area contributed by atoms with Gasteiger partial charge in [-0.25, -0.2) is 13.8 Å². The zero-order valence-corrected chi connectivity index (χ0v) is 24.0. The van der Waals surface area contributed by atoms with Crippen LogP contribution in [0.1, 0.15) is 30.7 Å². The van der Waals surface area contributed by atoms with Gasteiger partial charge in [0, 0.05) is 32.6 Å². The van der Waals surface area contributed by atoms with Crippen LogP contribution in [0.25, 0.3) is 17.0 Å². The molecule has 12 nitrogen and oxygen atoms in total. The number of fused-ring (bicyclic) bond motifs is 1. The van der Waals surface area contributed by atoms with Crippen LogP contribution in [0.15, 0.2) is 54.6 Å². The molecule has 4 heterocycles. The maximum atomic E-state index is 14.2. The fourth-order valence-corrected chi connectivity index (χ4v) is 5.63. The predicted molar refractivity (Wildman–Crippen MR) is 159 cm³/mol. The molecule has 0 unspecified atom stereocenters. The van der Waals surface area contributed by atoms with E-state index in [1.807, 2.05) is 40.1 Å². The van der Waals surface area contributed by atoms with E-state index in [4.69, 9.17) is 15.5 Å². The number of carbonyl (C=O) groups is 2. The molecule has 3 N–H and O–H groups in total. The van der Waals surface area contributed by atoms with Gasteiger partial charge in [-0.05, 0) is 30.5 Å². The van der Waals surface area contributed by atoms with Gasteiger partial charge in [0.15, 0.2) is 5.82 Å². The zero-order chi connectivity index (χ0) is 30.6. The van der Waals surface area contributed by atoms with Gasteiger partial charge in [0.2, 0.25) is 29.7 Å². The molecule has 2 aromatic carbocycles. The Hall–Kier alpha value is -4.72. The Kier molecular flexibility index (Phi) is 8.59. The van der Waals surface area contributed by atoms with Crippen molar-refractivity contribution >= 4 is 34.7 Å². The number of anilines is 2. The molecule has 0 saturated carbocycles. The highest BCUT2D eigenvalue weighted by Crippen LogP contribution is 2.29. The molecule has 14 heteroatoms. The summed E-state index contributed by atoms with van der Waals surface area (Å²) in [6.45, 7) is 2.81. The number of halogens is 2. The number of para-hydroxylation sites is 2. The van der Waals surface area contributed by atoms with Crippen molar-refractivity contribution in [2.45, 2.75) is 31.7 Å². The van der Waals surface area contributed by atoms with Crippen LogP contribution >= 0.6 is 0 Å². The van der Waals surface area contributed by atoms with Crippen LogP contribution in [0, 0.1) is 5.92 Å². The molecule has 2 amide bonds. The van der Waals surface area contributed by atoms with Gasteiger partial charge in [0.05, 0.1) is 30.2 Å². The lowest BCUT2D eigenvalue weighted by atomic mass is 9.96. The predicted octanol–water partition coefficient (Wildman–Crippen LogP) is 2.41. The number of piperidine rings is 1. The van der Waals surface area contributed by atoms with Crippen LogP contribution in [-0.4, -0.2) is 81.8 Å². The van der Waals surface area contributed by atoms with Gasteiger partial charge in [-0.2, -0.15) is 15.0 Å². The van der Waals surface area contributed by atoms with Crippen molar-refractivity contribution in [2.75, 3.05) is 49.2 Å². The number of imidazole rings is 1. The molecule has 0 radical (unpaired) electrons. The van der Waals surface area contributed by atoms with Crippen molar-refractivity contribution in [2.24, 2.45) is 11.7 Å². The van der Waals surface area contributed by atoms with E-state index < -0.39 is 30.1 Å². The first-order valence-electron chi connectivity index (χ1n) is 14.6. The molecular weight excluding hydrogens is 572 g/mol. The van der Waals surface area contributed by atoms with Crippen LogP contribution in [0.2, 0.25) is 0 Å². The Balaban J connectivity index is 1.30. The van der Waals surface area contributed by atoms with Gasteiger partial charge in [0.1, 0.15) is 6.04 Å². The third-order valence-electron chi connectivity index (χ3n) is 7.89. The molecular formula is C30H33F2N9O3. The Labute approximate surface area is 252 Å². The van der Waals surface area contributed by atoms with E-state index in [0.717, 1.165) is 5.56 Å². The highest BCUT2D eigenvalue weighted by molar-refractivity contribution is 5.88. The van der Waals surface area contributed by atoms with E-state index in [9.17, 15) is 18.4 Å². The minimum atomic E-state index is -2.87. The van der Waals surface area contributed by atoms with E-state index in [1.165, 1.54) is 4.57 Å².